The third-order valence-electron chi connectivity index (χ3n) is 1.66. The number of aldehydes is 1. The Labute approximate surface area is 88.6 Å². The lowest BCUT2D eigenvalue weighted by Gasteiger charge is -2.07. The van der Waals surface area contributed by atoms with Crippen LogP contribution in [0.1, 0.15) is 12.0 Å². The number of benzene rings is 1. The van der Waals surface area contributed by atoms with E-state index in [0.717, 1.165) is 11.8 Å². The van der Waals surface area contributed by atoms with E-state index < -0.39 is 0 Å². The molecule has 3 heteroatoms. The molecule has 0 aromatic heterocycles. The third-order valence-corrected chi connectivity index (χ3v) is 1.99. The van der Waals surface area contributed by atoms with E-state index in [1.54, 1.807) is 0 Å². The molecule has 0 aliphatic rings. The maximum atomic E-state index is 10.2. The Kier molecular flexibility index (Phi) is 4.01. The molecule has 0 heterocycles. The van der Waals surface area contributed by atoms with Crippen LogP contribution in [0.4, 0.5) is 0 Å². The number of carbonyl (C=O) groups excluding carboxylic acids is 1. The quantitative estimate of drug-likeness (QED) is 0.602. The van der Waals surface area contributed by atoms with E-state index >= 15 is 0 Å². The molecule has 1 N–H and O–H groups in total. The lowest BCUT2D eigenvalue weighted by molar-refractivity contribution is -0.107. The lowest BCUT2D eigenvalue weighted by atomic mass is 10.2. The Hall–Kier alpha value is -1.48. The van der Waals surface area contributed by atoms with Gasteiger partial charge in [-0.15, -0.1) is 0 Å². The molecule has 1 aromatic rings. The van der Waals surface area contributed by atoms with Gasteiger partial charge >= 0.3 is 0 Å². The summed E-state index contributed by atoms with van der Waals surface area (Å²) in [5.41, 5.74) is 1.54. The Morgan fingerprint density at radius 2 is 2.07 bits per heavy atom. The van der Waals surface area contributed by atoms with Crippen LogP contribution < -0.4 is 5.32 Å². The van der Waals surface area contributed by atoms with Crippen molar-refractivity contribution < 1.29 is 4.79 Å². The van der Waals surface area contributed by atoms with Crippen molar-refractivity contribution in [1.29, 1.82) is 0 Å². The molecule has 0 atom stereocenters. The highest BCUT2D eigenvalue weighted by Gasteiger charge is 2.00. The summed E-state index contributed by atoms with van der Waals surface area (Å²) in [5, 5.41) is 2.90. The number of nitrogens with one attached hydrogen (secondary N) is 1. The second-order valence-electron chi connectivity index (χ2n) is 2.79. The van der Waals surface area contributed by atoms with E-state index in [1.165, 1.54) is 0 Å². The zero-order valence-electron chi connectivity index (χ0n) is 7.69. The predicted molar refractivity (Wildman–Crippen MR) is 61.1 cm³/mol. The highest BCUT2D eigenvalue weighted by atomic mass is 32.1. The average molecular weight is 205 g/mol. The van der Waals surface area contributed by atoms with Gasteiger partial charge in [0.25, 0.3) is 0 Å². The number of hydrogen-bond acceptors (Lipinski definition) is 2. The molecule has 0 bridgehead atoms. The first-order valence-electron chi connectivity index (χ1n) is 4.22. The number of allylic oxidation sites excluding steroid dienone is 1. The summed E-state index contributed by atoms with van der Waals surface area (Å²) >= 11 is 5.12. The molecule has 14 heavy (non-hydrogen) atoms. The first-order chi connectivity index (χ1) is 6.74. The molecule has 2 nitrogen and oxygen atoms in total. The number of hydrogen-bond donors (Lipinski definition) is 1. The van der Waals surface area contributed by atoms with Gasteiger partial charge in [-0.2, -0.15) is 0 Å². The van der Waals surface area contributed by atoms with E-state index in [9.17, 15) is 4.79 Å². The topological polar surface area (TPSA) is 29.1 Å². The average Bonchev–Trinajstić information content (AvgIpc) is 2.19. The van der Waals surface area contributed by atoms with Crippen LogP contribution in [0, 0.1) is 0 Å². The minimum atomic E-state index is 0.285. The fourth-order valence-corrected chi connectivity index (χ4v) is 1.25. The molecule has 72 valence electrons. The number of thiocarbonyl (C=S) groups is 1. The fourth-order valence-electron chi connectivity index (χ4n) is 0.974. The molecular formula is C11H11NOS. The summed E-state index contributed by atoms with van der Waals surface area (Å²) < 4.78 is 0. The van der Waals surface area contributed by atoms with Crippen molar-refractivity contribution in [3.63, 3.8) is 0 Å². The van der Waals surface area contributed by atoms with Crippen molar-refractivity contribution in [1.82, 2.24) is 5.32 Å². The van der Waals surface area contributed by atoms with Crippen LogP contribution in [0.25, 0.3) is 0 Å². The molecule has 0 fully saturated rings. The van der Waals surface area contributed by atoms with Crippen LogP contribution in [-0.2, 0) is 4.79 Å². The van der Waals surface area contributed by atoms with Crippen molar-refractivity contribution in [2.75, 3.05) is 0 Å². The van der Waals surface area contributed by atoms with Crippen LogP contribution in [0.3, 0.4) is 0 Å². The highest BCUT2D eigenvalue weighted by Crippen LogP contribution is 2.01. The van der Waals surface area contributed by atoms with Crippen molar-refractivity contribution in [2.45, 2.75) is 6.42 Å². The first kappa shape index (κ1) is 10.6. The molecule has 0 aliphatic heterocycles. The molecule has 0 saturated heterocycles. The fraction of sp³-hybridized carbons (Fsp3) is 0.0909. The Morgan fingerprint density at radius 1 is 1.43 bits per heavy atom. The van der Waals surface area contributed by atoms with Crippen LogP contribution in [0.5, 0.6) is 0 Å². The minimum Gasteiger partial charge on any atom is -0.350 e. The smallest absolute Gasteiger partial charge is 0.125 e. The maximum absolute atomic E-state index is 10.2. The van der Waals surface area contributed by atoms with Crippen molar-refractivity contribution in [2.24, 2.45) is 0 Å². The second-order valence-corrected chi connectivity index (χ2v) is 3.20. The molecule has 0 radical (unpaired) electrons. The number of carbonyl (C=O) groups is 1. The molecule has 1 rings (SSSR count). The van der Waals surface area contributed by atoms with Gasteiger partial charge in [-0.25, -0.2) is 0 Å². The molecule has 0 unspecified atom stereocenters. The third kappa shape index (κ3) is 3.11. The van der Waals surface area contributed by atoms with Gasteiger partial charge in [0.2, 0.25) is 0 Å². The summed E-state index contributed by atoms with van der Waals surface area (Å²) in [4.78, 5) is 10.8. The molecular weight excluding hydrogens is 194 g/mol. The molecule has 0 aliphatic carbocycles. The van der Waals surface area contributed by atoms with E-state index in [4.69, 9.17) is 12.2 Å². The highest BCUT2D eigenvalue weighted by molar-refractivity contribution is 7.80. The summed E-state index contributed by atoms with van der Waals surface area (Å²) in [6.45, 7) is 3.68. The Bertz CT molecular complexity index is 346. The van der Waals surface area contributed by atoms with Gasteiger partial charge in [0.05, 0.1) is 0 Å². The summed E-state index contributed by atoms with van der Waals surface area (Å²) in [6.07, 6.45) is 1.08. The minimum absolute atomic E-state index is 0.285. The molecule has 0 saturated carbocycles. The van der Waals surface area contributed by atoms with Gasteiger partial charge in [0.1, 0.15) is 11.3 Å². The van der Waals surface area contributed by atoms with Gasteiger partial charge in [-0.3, -0.25) is 0 Å². The monoisotopic (exact) mass is 205 g/mol. The van der Waals surface area contributed by atoms with E-state index in [1.807, 2.05) is 30.3 Å². The predicted octanol–water partition coefficient (Wildman–Crippen LogP) is 2.05. The van der Waals surface area contributed by atoms with Crippen molar-refractivity contribution in [3.8, 4) is 0 Å². The van der Waals surface area contributed by atoms with E-state index in [0.29, 0.717) is 10.7 Å². The molecule has 0 amide bonds. The summed E-state index contributed by atoms with van der Waals surface area (Å²) in [6, 6.07) is 9.55. The van der Waals surface area contributed by atoms with Crippen LogP contribution >= 0.6 is 12.2 Å². The van der Waals surface area contributed by atoms with Gasteiger partial charge < -0.3 is 10.1 Å². The maximum Gasteiger partial charge on any atom is 0.125 e. The molecule has 0 spiro atoms. The Morgan fingerprint density at radius 3 is 2.64 bits per heavy atom. The van der Waals surface area contributed by atoms with Crippen LogP contribution in [0.2, 0.25) is 0 Å². The standard InChI is InChI=1S/C11H11NOS/c1-9(7-8-13)12-11(14)10-5-3-2-4-6-10/h2-6,8H,1,7H2,(H,12,14). The lowest BCUT2D eigenvalue weighted by Crippen LogP contribution is -2.21. The second kappa shape index (κ2) is 5.29. The van der Waals surface area contributed by atoms with E-state index in [2.05, 4.69) is 11.9 Å². The van der Waals surface area contributed by atoms with E-state index in [-0.39, 0.29) is 6.42 Å². The number of rotatable bonds is 4. The molecule has 1 aromatic carbocycles. The largest absolute Gasteiger partial charge is 0.350 e. The first-order valence-corrected chi connectivity index (χ1v) is 4.62. The zero-order chi connectivity index (χ0) is 10.4. The van der Waals surface area contributed by atoms with Gasteiger partial charge in [-0.05, 0) is 0 Å². The SMILES string of the molecule is C=C(CC=O)NC(=S)c1ccccc1. The van der Waals surface area contributed by atoms with Gasteiger partial charge in [0, 0.05) is 17.7 Å². The normalized spacial score (nSPS) is 9.14. The van der Waals surface area contributed by atoms with Gasteiger partial charge in [-0.1, -0.05) is 49.1 Å². The van der Waals surface area contributed by atoms with Crippen LogP contribution in [0.15, 0.2) is 42.6 Å². The summed E-state index contributed by atoms with van der Waals surface area (Å²) in [7, 11) is 0. The van der Waals surface area contributed by atoms with Gasteiger partial charge in [0.15, 0.2) is 0 Å². The zero-order valence-corrected chi connectivity index (χ0v) is 8.51. The van der Waals surface area contributed by atoms with Crippen molar-refractivity contribution in [3.05, 3.63) is 48.2 Å². The van der Waals surface area contributed by atoms with Crippen molar-refractivity contribution >= 4 is 23.5 Å². The van der Waals surface area contributed by atoms with Crippen LogP contribution in [-0.4, -0.2) is 11.3 Å². The summed E-state index contributed by atoms with van der Waals surface area (Å²) in [5.74, 6) is 0. The Balaban J connectivity index is 2.59.